The SMILES string of the molecule is O=C(O)C(Cc1cncc(Br)c1)c1ccccc1. The van der Waals surface area contributed by atoms with Crippen LogP contribution in [0.3, 0.4) is 0 Å². The van der Waals surface area contributed by atoms with Gasteiger partial charge in [-0.25, -0.2) is 0 Å². The van der Waals surface area contributed by atoms with Crippen LogP contribution in [0.15, 0.2) is 53.3 Å². The standard InChI is InChI=1S/C14H12BrNO2/c15-12-6-10(8-16-9-12)7-13(14(17)18)11-4-2-1-3-5-11/h1-6,8-9,13H,7H2,(H,17,18). The molecule has 0 saturated heterocycles. The fourth-order valence-electron chi connectivity index (χ4n) is 1.84. The summed E-state index contributed by atoms with van der Waals surface area (Å²) in [5, 5.41) is 9.33. The number of rotatable bonds is 4. The first-order valence-electron chi connectivity index (χ1n) is 5.54. The van der Waals surface area contributed by atoms with Gasteiger partial charge in [0.05, 0.1) is 5.92 Å². The van der Waals surface area contributed by atoms with Crippen LogP contribution in [0, 0.1) is 0 Å². The van der Waals surface area contributed by atoms with E-state index >= 15 is 0 Å². The molecular formula is C14H12BrNO2. The van der Waals surface area contributed by atoms with Gasteiger partial charge in [-0.2, -0.15) is 0 Å². The predicted octanol–water partition coefficient (Wildman–Crippen LogP) is 3.26. The Bertz CT molecular complexity index is 543. The summed E-state index contributed by atoms with van der Waals surface area (Å²) < 4.78 is 0.859. The van der Waals surface area contributed by atoms with E-state index in [-0.39, 0.29) is 0 Å². The Kier molecular flexibility index (Phi) is 4.10. The lowest BCUT2D eigenvalue weighted by Gasteiger charge is -2.12. The minimum Gasteiger partial charge on any atom is -0.481 e. The first kappa shape index (κ1) is 12.8. The molecule has 2 aromatic rings. The van der Waals surface area contributed by atoms with Crippen molar-refractivity contribution in [2.75, 3.05) is 0 Å². The van der Waals surface area contributed by atoms with E-state index in [1.807, 2.05) is 36.4 Å². The number of carboxylic acids is 1. The Morgan fingerprint density at radius 2 is 2.00 bits per heavy atom. The Morgan fingerprint density at radius 3 is 2.61 bits per heavy atom. The van der Waals surface area contributed by atoms with Crippen LogP contribution in [0.25, 0.3) is 0 Å². The Labute approximate surface area is 114 Å². The van der Waals surface area contributed by atoms with Crippen molar-refractivity contribution in [2.24, 2.45) is 0 Å². The molecule has 0 radical (unpaired) electrons. The highest BCUT2D eigenvalue weighted by Gasteiger charge is 2.20. The van der Waals surface area contributed by atoms with Crippen molar-refractivity contribution in [2.45, 2.75) is 12.3 Å². The summed E-state index contributed by atoms with van der Waals surface area (Å²) in [7, 11) is 0. The molecule has 1 aromatic heterocycles. The maximum absolute atomic E-state index is 11.4. The Morgan fingerprint density at radius 1 is 1.28 bits per heavy atom. The maximum Gasteiger partial charge on any atom is 0.311 e. The van der Waals surface area contributed by atoms with E-state index in [1.165, 1.54) is 0 Å². The lowest BCUT2D eigenvalue weighted by atomic mass is 9.93. The number of hydrogen-bond donors (Lipinski definition) is 1. The summed E-state index contributed by atoms with van der Waals surface area (Å²) in [4.78, 5) is 15.4. The molecule has 0 aliphatic carbocycles. The average molecular weight is 306 g/mol. The van der Waals surface area contributed by atoms with E-state index in [0.717, 1.165) is 15.6 Å². The van der Waals surface area contributed by atoms with Gasteiger partial charge in [0.25, 0.3) is 0 Å². The first-order valence-corrected chi connectivity index (χ1v) is 6.33. The zero-order valence-electron chi connectivity index (χ0n) is 9.58. The number of carboxylic acid groups (broad SMARTS) is 1. The Hall–Kier alpha value is -1.68. The van der Waals surface area contributed by atoms with E-state index in [2.05, 4.69) is 20.9 Å². The summed E-state index contributed by atoms with van der Waals surface area (Å²) in [6, 6.07) is 11.2. The van der Waals surface area contributed by atoms with Gasteiger partial charge in [-0.15, -0.1) is 0 Å². The van der Waals surface area contributed by atoms with Gasteiger partial charge in [0, 0.05) is 16.9 Å². The maximum atomic E-state index is 11.4. The minimum atomic E-state index is -0.818. The summed E-state index contributed by atoms with van der Waals surface area (Å²) in [6.45, 7) is 0. The Balaban J connectivity index is 2.25. The molecule has 0 aliphatic rings. The molecule has 1 unspecified atom stereocenters. The van der Waals surface area contributed by atoms with Crippen molar-refractivity contribution in [3.8, 4) is 0 Å². The van der Waals surface area contributed by atoms with Gasteiger partial charge in [-0.05, 0) is 39.5 Å². The molecule has 3 nitrogen and oxygen atoms in total. The molecular weight excluding hydrogens is 294 g/mol. The fraction of sp³-hybridized carbons (Fsp3) is 0.143. The van der Waals surface area contributed by atoms with E-state index in [9.17, 15) is 9.90 Å². The van der Waals surface area contributed by atoms with Crippen LogP contribution >= 0.6 is 15.9 Å². The van der Waals surface area contributed by atoms with Crippen LogP contribution in [-0.2, 0) is 11.2 Å². The molecule has 0 aliphatic heterocycles. The highest BCUT2D eigenvalue weighted by Crippen LogP contribution is 2.22. The van der Waals surface area contributed by atoms with Crippen molar-refractivity contribution in [3.63, 3.8) is 0 Å². The normalized spacial score (nSPS) is 12.1. The fourth-order valence-corrected chi connectivity index (χ4v) is 2.25. The molecule has 2 rings (SSSR count). The lowest BCUT2D eigenvalue weighted by molar-refractivity contribution is -0.138. The molecule has 1 heterocycles. The molecule has 0 bridgehead atoms. The van der Waals surface area contributed by atoms with Crippen LogP contribution in [0.5, 0.6) is 0 Å². The summed E-state index contributed by atoms with van der Waals surface area (Å²) in [5.41, 5.74) is 1.71. The van der Waals surface area contributed by atoms with Crippen molar-refractivity contribution in [1.29, 1.82) is 0 Å². The molecule has 18 heavy (non-hydrogen) atoms. The minimum absolute atomic E-state index is 0.436. The molecule has 0 amide bonds. The van der Waals surface area contributed by atoms with Crippen LogP contribution in [-0.4, -0.2) is 16.1 Å². The van der Waals surface area contributed by atoms with Gasteiger partial charge in [0.1, 0.15) is 0 Å². The molecule has 1 atom stereocenters. The number of aromatic nitrogens is 1. The molecule has 92 valence electrons. The van der Waals surface area contributed by atoms with Crippen LogP contribution in [0.1, 0.15) is 17.0 Å². The lowest BCUT2D eigenvalue weighted by Crippen LogP contribution is -2.14. The second-order valence-electron chi connectivity index (χ2n) is 4.02. The molecule has 0 saturated carbocycles. The van der Waals surface area contributed by atoms with E-state index in [1.54, 1.807) is 12.4 Å². The van der Waals surface area contributed by atoms with Gasteiger partial charge >= 0.3 is 5.97 Å². The molecule has 4 heteroatoms. The summed E-state index contributed by atoms with van der Waals surface area (Å²) in [5.74, 6) is -1.36. The third-order valence-electron chi connectivity index (χ3n) is 2.70. The van der Waals surface area contributed by atoms with Gasteiger partial charge < -0.3 is 5.11 Å². The van der Waals surface area contributed by atoms with Gasteiger partial charge in [-0.3, -0.25) is 9.78 Å². The molecule has 1 N–H and O–H groups in total. The number of benzene rings is 1. The highest BCUT2D eigenvalue weighted by atomic mass is 79.9. The number of halogens is 1. The van der Waals surface area contributed by atoms with Crippen LogP contribution in [0.2, 0.25) is 0 Å². The second kappa shape index (κ2) is 5.78. The third kappa shape index (κ3) is 3.17. The molecule has 0 fully saturated rings. The van der Waals surface area contributed by atoms with Crippen LogP contribution < -0.4 is 0 Å². The summed E-state index contributed by atoms with van der Waals surface area (Å²) >= 11 is 3.34. The van der Waals surface area contributed by atoms with Gasteiger partial charge in [0.15, 0.2) is 0 Å². The van der Waals surface area contributed by atoms with E-state index in [0.29, 0.717) is 6.42 Å². The monoisotopic (exact) mass is 305 g/mol. The second-order valence-corrected chi connectivity index (χ2v) is 4.93. The number of pyridine rings is 1. The molecule has 0 spiro atoms. The number of nitrogens with zero attached hydrogens (tertiary/aromatic N) is 1. The zero-order valence-corrected chi connectivity index (χ0v) is 11.2. The van der Waals surface area contributed by atoms with Crippen molar-refractivity contribution < 1.29 is 9.90 Å². The predicted molar refractivity (Wildman–Crippen MR) is 72.5 cm³/mol. The number of aliphatic carboxylic acids is 1. The topological polar surface area (TPSA) is 50.2 Å². The number of hydrogen-bond acceptors (Lipinski definition) is 2. The average Bonchev–Trinajstić information content (AvgIpc) is 2.37. The highest BCUT2D eigenvalue weighted by molar-refractivity contribution is 9.10. The van der Waals surface area contributed by atoms with Crippen molar-refractivity contribution in [1.82, 2.24) is 4.98 Å². The van der Waals surface area contributed by atoms with Gasteiger partial charge in [-0.1, -0.05) is 30.3 Å². The number of carbonyl (C=O) groups is 1. The van der Waals surface area contributed by atoms with E-state index < -0.39 is 11.9 Å². The van der Waals surface area contributed by atoms with Gasteiger partial charge in [0.2, 0.25) is 0 Å². The third-order valence-corrected chi connectivity index (χ3v) is 3.14. The first-order chi connectivity index (χ1) is 8.66. The summed E-state index contributed by atoms with van der Waals surface area (Å²) in [6.07, 6.45) is 3.82. The largest absolute Gasteiger partial charge is 0.481 e. The zero-order chi connectivity index (χ0) is 13.0. The van der Waals surface area contributed by atoms with E-state index in [4.69, 9.17) is 0 Å². The van der Waals surface area contributed by atoms with Crippen LogP contribution in [0.4, 0.5) is 0 Å². The van der Waals surface area contributed by atoms with Crippen molar-refractivity contribution >= 4 is 21.9 Å². The quantitative estimate of drug-likeness (QED) is 0.943. The molecule has 1 aromatic carbocycles. The van der Waals surface area contributed by atoms with Crippen molar-refractivity contribution in [3.05, 3.63) is 64.4 Å². The smallest absolute Gasteiger partial charge is 0.311 e.